The number of aliphatic hydroxyl groups excluding tert-OH is 2. The fraction of sp³-hybridized carbons (Fsp3) is 0.889. The third-order valence-electron chi connectivity index (χ3n) is 2.07. The highest BCUT2D eigenvalue weighted by atomic mass is 16.5. The Kier molecular flexibility index (Phi) is 7.23. The summed E-state index contributed by atoms with van der Waals surface area (Å²) in [7, 11) is 1.25. The summed E-state index contributed by atoms with van der Waals surface area (Å²) in [5.41, 5.74) is 5.60. The Morgan fingerprint density at radius 3 is 2.60 bits per heavy atom. The molecule has 5 N–H and O–H groups in total. The number of esters is 1. The quantitative estimate of drug-likeness (QED) is 0.309. The summed E-state index contributed by atoms with van der Waals surface area (Å²) in [5, 5.41) is 21.3. The Morgan fingerprint density at radius 1 is 1.53 bits per heavy atom. The summed E-state index contributed by atoms with van der Waals surface area (Å²) in [6.45, 7) is 1.77. The average molecular weight is 220 g/mol. The zero-order valence-corrected chi connectivity index (χ0v) is 9.14. The molecule has 0 amide bonds. The number of hydrogen-bond donors (Lipinski definition) is 4. The van der Waals surface area contributed by atoms with Crippen LogP contribution in [0.1, 0.15) is 19.8 Å². The lowest BCUT2D eigenvalue weighted by Crippen LogP contribution is -2.50. The van der Waals surface area contributed by atoms with Crippen LogP contribution >= 0.6 is 0 Å². The molecule has 0 aromatic rings. The number of nitrogens with one attached hydrogen (secondary N) is 1. The van der Waals surface area contributed by atoms with E-state index in [1.165, 1.54) is 7.11 Å². The molecule has 0 bridgehead atoms. The van der Waals surface area contributed by atoms with E-state index < -0.39 is 24.3 Å². The van der Waals surface area contributed by atoms with Crippen LogP contribution < -0.4 is 11.1 Å². The van der Waals surface area contributed by atoms with E-state index in [-0.39, 0.29) is 6.54 Å². The van der Waals surface area contributed by atoms with Gasteiger partial charge in [0.05, 0.1) is 13.7 Å². The van der Waals surface area contributed by atoms with Crippen molar-refractivity contribution < 1.29 is 19.7 Å². The Balaban J connectivity index is 3.87. The number of methoxy groups -OCH3 is 1. The van der Waals surface area contributed by atoms with E-state index in [0.717, 1.165) is 6.42 Å². The highest BCUT2D eigenvalue weighted by Crippen LogP contribution is 2.02. The lowest BCUT2D eigenvalue weighted by Gasteiger charge is -2.23. The molecule has 0 radical (unpaired) electrons. The first-order valence-electron chi connectivity index (χ1n) is 4.94. The lowest BCUT2D eigenvalue weighted by atomic mass is 10.1. The molecule has 0 saturated carbocycles. The molecule has 0 aliphatic carbocycles. The molecule has 3 unspecified atom stereocenters. The Hall–Kier alpha value is -0.690. The molecule has 3 atom stereocenters. The van der Waals surface area contributed by atoms with Gasteiger partial charge < -0.3 is 20.7 Å². The lowest BCUT2D eigenvalue weighted by molar-refractivity contribution is -0.140. The third-order valence-corrected chi connectivity index (χ3v) is 2.07. The second kappa shape index (κ2) is 7.58. The molecule has 0 aliphatic heterocycles. The summed E-state index contributed by atoms with van der Waals surface area (Å²) in [5.74, 6) is -0.509. The maximum Gasteiger partial charge on any atom is 0.319 e. The molecule has 0 aromatic carbocycles. The Morgan fingerprint density at radius 2 is 2.13 bits per heavy atom. The standard InChI is InChI=1S/C9H20N2O4/c1-3-4-6(10)8(13)9(14)11-5-7(12)15-2/h6,8-9,11,13-14H,3-5,10H2,1-2H3. The van der Waals surface area contributed by atoms with Crippen LogP contribution in [0.25, 0.3) is 0 Å². The van der Waals surface area contributed by atoms with Crippen LogP contribution in [0.3, 0.4) is 0 Å². The molecule has 0 rings (SSSR count). The van der Waals surface area contributed by atoms with Crippen molar-refractivity contribution in [2.45, 2.75) is 38.1 Å². The second-order valence-electron chi connectivity index (χ2n) is 3.34. The van der Waals surface area contributed by atoms with Gasteiger partial charge in [-0.1, -0.05) is 13.3 Å². The number of hydrogen-bond acceptors (Lipinski definition) is 6. The van der Waals surface area contributed by atoms with Crippen molar-refractivity contribution in [1.29, 1.82) is 0 Å². The van der Waals surface area contributed by atoms with Crippen LogP contribution in [0.2, 0.25) is 0 Å². The molecule has 0 fully saturated rings. The van der Waals surface area contributed by atoms with Crippen LogP contribution in [-0.4, -0.2) is 48.2 Å². The van der Waals surface area contributed by atoms with Gasteiger partial charge in [0.2, 0.25) is 0 Å². The van der Waals surface area contributed by atoms with Gasteiger partial charge in [-0.05, 0) is 6.42 Å². The topological polar surface area (TPSA) is 105 Å². The van der Waals surface area contributed by atoms with Gasteiger partial charge in [-0.15, -0.1) is 0 Å². The monoisotopic (exact) mass is 220 g/mol. The average Bonchev–Trinajstić information content (AvgIpc) is 2.24. The van der Waals surface area contributed by atoms with Gasteiger partial charge in [0.15, 0.2) is 0 Å². The normalized spacial score (nSPS) is 16.9. The van der Waals surface area contributed by atoms with Crippen molar-refractivity contribution in [3.05, 3.63) is 0 Å². The van der Waals surface area contributed by atoms with Crippen LogP contribution in [-0.2, 0) is 9.53 Å². The molecule has 0 heterocycles. The minimum atomic E-state index is -1.22. The van der Waals surface area contributed by atoms with E-state index in [1.54, 1.807) is 0 Å². The first-order valence-corrected chi connectivity index (χ1v) is 4.94. The maximum absolute atomic E-state index is 10.7. The van der Waals surface area contributed by atoms with Crippen molar-refractivity contribution >= 4 is 5.97 Å². The Labute approximate surface area is 89.4 Å². The molecule has 6 heteroatoms. The van der Waals surface area contributed by atoms with Crippen molar-refractivity contribution in [1.82, 2.24) is 5.32 Å². The molecule has 15 heavy (non-hydrogen) atoms. The van der Waals surface area contributed by atoms with Crippen molar-refractivity contribution in [3.8, 4) is 0 Å². The maximum atomic E-state index is 10.7. The van der Waals surface area contributed by atoms with E-state index >= 15 is 0 Å². The van der Waals surface area contributed by atoms with E-state index in [0.29, 0.717) is 6.42 Å². The fourth-order valence-electron chi connectivity index (χ4n) is 1.12. The number of nitrogens with two attached hydrogens (primary N) is 1. The zero-order chi connectivity index (χ0) is 11.8. The fourth-order valence-corrected chi connectivity index (χ4v) is 1.12. The largest absolute Gasteiger partial charge is 0.468 e. The number of carbonyl (C=O) groups excluding carboxylic acids is 1. The molecular weight excluding hydrogens is 200 g/mol. The van der Waals surface area contributed by atoms with Crippen LogP contribution in [0, 0.1) is 0 Å². The number of rotatable bonds is 7. The van der Waals surface area contributed by atoms with E-state index in [9.17, 15) is 15.0 Å². The van der Waals surface area contributed by atoms with Crippen molar-refractivity contribution in [2.75, 3.05) is 13.7 Å². The number of carbonyl (C=O) groups is 1. The Bertz CT molecular complexity index is 189. The summed E-state index contributed by atoms with van der Waals surface area (Å²) in [6.07, 6.45) is -0.875. The number of aliphatic hydroxyl groups is 2. The molecule has 6 nitrogen and oxygen atoms in total. The predicted octanol–water partition coefficient (Wildman–Crippen LogP) is -1.44. The van der Waals surface area contributed by atoms with Gasteiger partial charge in [-0.2, -0.15) is 0 Å². The molecule has 0 spiro atoms. The molecule has 0 aliphatic rings. The second-order valence-corrected chi connectivity index (χ2v) is 3.34. The van der Waals surface area contributed by atoms with Gasteiger partial charge in [0.1, 0.15) is 12.3 Å². The number of ether oxygens (including phenoxy) is 1. The summed E-state index contributed by atoms with van der Waals surface area (Å²) in [6, 6.07) is -0.504. The first-order chi connectivity index (χ1) is 7.02. The van der Waals surface area contributed by atoms with Gasteiger partial charge in [0, 0.05) is 6.04 Å². The van der Waals surface area contributed by atoms with Crippen molar-refractivity contribution in [2.24, 2.45) is 5.73 Å². The van der Waals surface area contributed by atoms with Gasteiger partial charge in [-0.25, -0.2) is 0 Å². The van der Waals surface area contributed by atoms with Crippen LogP contribution in [0.5, 0.6) is 0 Å². The molecule has 0 aromatic heterocycles. The van der Waals surface area contributed by atoms with Gasteiger partial charge >= 0.3 is 5.97 Å². The van der Waals surface area contributed by atoms with Gasteiger partial charge in [-0.3, -0.25) is 10.1 Å². The van der Waals surface area contributed by atoms with Crippen LogP contribution in [0.4, 0.5) is 0 Å². The minimum absolute atomic E-state index is 0.159. The molecule has 0 saturated heterocycles. The summed E-state index contributed by atoms with van der Waals surface area (Å²) < 4.78 is 4.36. The SMILES string of the molecule is CCCC(N)C(O)C(O)NCC(=O)OC. The highest BCUT2D eigenvalue weighted by molar-refractivity contribution is 5.71. The third kappa shape index (κ3) is 5.68. The smallest absolute Gasteiger partial charge is 0.319 e. The minimum Gasteiger partial charge on any atom is -0.468 e. The summed E-state index contributed by atoms with van der Waals surface area (Å²) >= 11 is 0. The van der Waals surface area contributed by atoms with Crippen molar-refractivity contribution in [3.63, 3.8) is 0 Å². The molecule has 90 valence electrons. The van der Waals surface area contributed by atoms with E-state index in [1.807, 2.05) is 6.92 Å². The molecular formula is C9H20N2O4. The highest BCUT2D eigenvalue weighted by Gasteiger charge is 2.22. The van der Waals surface area contributed by atoms with Gasteiger partial charge in [0.25, 0.3) is 0 Å². The van der Waals surface area contributed by atoms with Crippen LogP contribution in [0.15, 0.2) is 0 Å². The first kappa shape index (κ1) is 14.3. The predicted molar refractivity (Wildman–Crippen MR) is 54.9 cm³/mol. The van der Waals surface area contributed by atoms with E-state index in [4.69, 9.17) is 5.73 Å². The van der Waals surface area contributed by atoms with E-state index in [2.05, 4.69) is 10.1 Å². The summed E-state index contributed by atoms with van der Waals surface area (Å²) in [4.78, 5) is 10.7. The zero-order valence-electron chi connectivity index (χ0n) is 9.14.